The fourth-order valence-corrected chi connectivity index (χ4v) is 4.36. The summed E-state index contributed by atoms with van der Waals surface area (Å²) in [7, 11) is 0. The number of hydrogen-bond donors (Lipinski definition) is 1. The van der Waals surface area contributed by atoms with Crippen LogP contribution in [0.15, 0.2) is 41.6 Å². The van der Waals surface area contributed by atoms with E-state index in [0.717, 1.165) is 34.6 Å². The van der Waals surface area contributed by atoms with Crippen molar-refractivity contribution in [2.45, 2.75) is 58.2 Å². The van der Waals surface area contributed by atoms with E-state index in [0.29, 0.717) is 17.6 Å². The molecule has 0 bridgehead atoms. The molecule has 1 amide bonds. The monoisotopic (exact) mass is 423 g/mol. The minimum Gasteiger partial charge on any atom is -0.323 e. The van der Waals surface area contributed by atoms with Crippen molar-refractivity contribution in [3.8, 4) is 5.69 Å². The lowest BCUT2D eigenvalue weighted by Gasteiger charge is -2.12. The van der Waals surface area contributed by atoms with Crippen LogP contribution in [0.25, 0.3) is 5.69 Å². The normalized spacial score (nSPS) is 13.8. The summed E-state index contributed by atoms with van der Waals surface area (Å²) in [5, 5.41) is 8.73. The number of imidazole rings is 1. The molecule has 4 rings (SSSR count). The Hall–Kier alpha value is -2.54. The standard InChI is InChI=1S/C23H29N5OS/c1-15(2)13-27-17(4)16(3)24-23(27)30-14-22(29)25-21-12-20(18-10-11-18)26-28(21)19-8-6-5-7-9-19/h5-9,12,15,18H,10-11,13-14H2,1-4H3,(H,25,29). The molecule has 1 fully saturated rings. The van der Waals surface area contributed by atoms with E-state index in [2.05, 4.69) is 35.6 Å². The zero-order valence-corrected chi connectivity index (χ0v) is 18.9. The molecule has 1 saturated carbocycles. The van der Waals surface area contributed by atoms with E-state index >= 15 is 0 Å². The molecule has 1 aliphatic rings. The van der Waals surface area contributed by atoms with Crippen LogP contribution in [0.2, 0.25) is 0 Å². The third-order valence-electron chi connectivity index (χ3n) is 5.29. The van der Waals surface area contributed by atoms with Gasteiger partial charge in [-0.25, -0.2) is 9.67 Å². The van der Waals surface area contributed by atoms with Gasteiger partial charge in [0, 0.05) is 24.2 Å². The zero-order valence-electron chi connectivity index (χ0n) is 18.1. The number of carbonyl (C=O) groups is 1. The second-order valence-electron chi connectivity index (χ2n) is 8.38. The maximum absolute atomic E-state index is 12.8. The molecular formula is C23H29N5OS. The number of aryl methyl sites for hydroxylation is 1. The van der Waals surface area contributed by atoms with Gasteiger partial charge in [0.1, 0.15) is 5.82 Å². The molecule has 2 heterocycles. The molecule has 0 aliphatic heterocycles. The second-order valence-corrected chi connectivity index (χ2v) is 9.33. The van der Waals surface area contributed by atoms with Crippen LogP contribution >= 0.6 is 11.8 Å². The number of anilines is 1. The van der Waals surface area contributed by atoms with Crippen LogP contribution in [0, 0.1) is 19.8 Å². The lowest BCUT2D eigenvalue weighted by Crippen LogP contribution is -2.17. The van der Waals surface area contributed by atoms with Crippen molar-refractivity contribution in [3.05, 3.63) is 53.5 Å². The van der Waals surface area contributed by atoms with Gasteiger partial charge < -0.3 is 9.88 Å². The summed E-state index contributed by atoms with van der Waals surface area (Å²) in [6, 6.07) is 12.0. The maximum atomic E-state index is 12.8. The Morgan fingerprint density at radius 2 is 1.97 bits per heavy atom. The number of amides is 1. The Bertz CT molecular complexity index is 1030. The van der Waals surface area contributed by atoms with Crippen LogP contribution < -0.4 is 5.32 Å². The van der Waals surface area contributed by atoms with Gasteiger partial charge in [-0.05, 0) is 44.7 Å². The molecule has 0 unspecified atom stereocenters. The first-order valence-corrected chi connectivity index (χ1v) is 11.5. The van der Waals surface area contributed by atoms with Crippen LogP contribution in [0.3, 0.4) is 0 Å². The molecule has 7 heteroatoms. The molecule has 1 N–H and O–H groups in total. The van der Waals surface area contributed by atoms with E-state index in [-0.39, 0.29) is 5.91 Å². The summed E-state index contributed by atoms with van der Waals surface area (Å²) in [5.41, 5.74) is 4.20. The van der Waals surface area contributed by atoms with Crippen LogP contribution in [0.5, 0.6) is 0 Å². The Balaban J connectivity index is 1.48. The minimum atomic E-state index is -0.0474. The highest BCUT2D eigenvalue weighted by atomic mass is 32.2. The number of hydrogen-bond acceptors (Lipinski definition) is 4. The van der Waals surface area contributed by atoms with Gasteiger partial charge in [0.05, 0.1) is 22.8 Å². The largest absolute Gasteiger partial charge is 0.323 e. The average Bonchev–Trinajstić information content (AvgIpc) is 3.44. The molecule has 158 valence electrons. The van der Waals surface area contributed by atoms with E-state index in [1.54, 1.807) is 0 Å². The van der Waals surface area contributed by atoms with Gasteiger partial charge in [0.15, 0.2) is 5.16 Å². The number of nitrogens with one attached hydrogen (secondary N) is 1. The fourth-order valence-electron chi connectivity index (χ4n) is 3.46. The third-order valence-corrected chi connectivity index (χ3v) is 6.27. The molecule has 6 nitrogen and oxygen atoms in total. The lowest BCUT2D eigenvalue weighted by molar-refractivity contribution is -0.113. The number of thioether (sulfide) groups is 1. The predicted octanol–water partition coefficient (Wildman–Crippen LogP) is 4.95. The predicted molar refractivity (Wildman–Crippen MR) is 121 cm³/mol. The van der Waals surface area contributed by atoms with E-state index in [1.807, 2.05) is 48.0 Å². The Morgan fingerprint density at radius 1 is 1.23 bits per heavy atom. The van der Waals surface area contributed by atoms with Gasteiger partial charge in [0.25, 0.3) is 0 Å². The summed E-state index contributed by atoms with van der Waals surface area (Å²) in [6.07, 6.45) is 2.35. The number of carbonyl (C=O) groups excluding carboxylic acids is 1. The highest BCUT2D eigenvalue weighted by molar-refractivity contribution is 7.99. The van der Waals surface area contributed by atoms with Crippen LogP contribution in [0.1, 0.15) is 49.7 Å². The van der Waals surface area contributed by atoms with Gasteiger partial charge in [-0.1, -0.05) is 43.8 Å². The second kappa shape index (κ2) is 8.68. The fraction of sp³-hybridized carbons (Fsp3) is 0.435. The van der Waals surface area contributed by atoms with Gasteiger partial charge in [-0.15, -0.1) is 0 Å². The summed E-state index contributed by atoms with van der Waals surface area (Å²) in [5.74, 6) is 2.04. The molecule has 0 radical (unpaired) electrons. The molecule has 3 aromatic rings. The first-order chi connectivity index (χ1) is 14.4. The van der Waals surface area contributed by atoms with Crippen molar-refractivity contribution >= 4 is 23.5 Å². The van der Waals surface area contributed by atoms with E-state index in [1.165, 1.54) is 30.3 Å². The molecule has 0 spiro atoms. The topological polar surface area (TPSA) is 64.7 Å². The summed E-state index contributed by atoms with van der Waals surface area (Å²) in [4.78, 5) is 17.5. The first kappa shape index (κ1) is 20.7. The van der Waals surface area contributed by atoms with Crippen LogP contribution in [0.4, 0.5) is 5.82 Å². The Morgan fingerprint density at radius 3 is 2.63 bits per heavy atom. The van der Waals surface area contributed by atoms with Crippen molar-refractivity contribution in [1.29, 1.82) is 0 Å². The molecular weight excluding hydrogens is 394 g/mol. The smallest absolute Gasteiger partial charge is 0.236 e. The van der Waals surface area contributed by atoms with Crippen molar-refractivity contribution in [1.82, 2.24) is 19.3 Å². The molecule has 2 aromatic heterocycles. The molecule has 1 aliphatic carbocycles. The zero-order chi connectivity index (χ0) is 21.3. The number of aromatic nitrogens is 4. The number of para-hydroxylation sites is 1. The first-order valence-electron chi connectivity index (χ1n) is 10.5. The average molecular weight is 424 g/mol. The number of nitrogens with zero attached hydrogens (tertiary/aromatic N) is 4. The van der Waals surface area contributed by atoms with Gasteiger partial charge in [0.2, 0.25) is 5.91 Å². The summed E-state index contributed by atoms with van der Waals surface area (Å²) in [6.45, 7) is 9.40. The van der Waals surface area contributed by atoms with Crippen LogP contribution in [-0.4, -0.2) is 31.0 Å². The SMILES string of the molecule is Cc1nc(SCC(=O)Nc2cc(C3CC3)nn2-c2ccccc2)n(CC(C)C)c1C. The molecule has 0 atom stereocenters. The Labute approximate surface area is 182 Å². The van der Waals surface area contributed by atoms with Crippen molar-refractivity contribution in [2.75, 3.05) is 11.1 Å². The van der Waals surface area contributed by atoms with Gasteiger partial charge >= 0.3 is 0 Å². The van der Waals surface area contributed by atoms with Crippen molar-refractivity contribution in [2.24, 2.45) is 5.92 Å². The molecule has 1 aromatic carbocycles. The number of rotatable bonds is 8. The van der Waals surface area contributed by atoms with Gasteiger partial charge in [-0.3, -0.25) is 4.79 Å². The highest BCUT2D eigenvalue weighted by Crippen LogP contribution is 2.40. The molecule has 30 heavy (non-hydrogen) atoms. The third kappa shape index (κ3) is 4.61. The van der Waals surface area contributed by atoms with Crippen molar-refractivity contribution < 1.29 is 4.79 Å². The number of benzene rings is 1. The minimum absolute atomic E-state index is 0.0474. The van der Waals surface area contributed by atoms with Gasteiger partial charge in [-0.2, -0.15) is 5.10 Å². The lowest BCUT2D eigenvalue weighted by atomic mass is 10.2. The van der Waals surface area contributed by atoms with Crippen molar-refractivity contribution in [3.63, 3.8) is 0 Å². The Kier molecular flexibility index (Phi) is 5.99. The van der Waals surface area contributed by atoms with E-state index < -0.39 is 0 Å². The summed E-state index contributed by atoms with van der Waals surface area (Å²) < 4.78 is 4.06. The summed E-state index contributed by atoms with van der Waals surface area (Å²) >= 11 is 1.49. The van der Waals surface area contributed by atoms with E-state index in [4.69, 9.17) is 5.10 Å². The maximum Gasteiger partial charge on any atom is 0.236 e. The molecule has 0 saturated heterocycles. The highest BCUT2D eigenvalue weighted by Gasteiger charge is 2.28. The van der Waals surface area contributed by atoms with Crippen LogP contribution in [-0.2, 0) is 11.3 Å². The van der Waals surface area contributed by atoms with E-state index in [9.17, 15) is 4.79 Å². The quantitative estimate of drug-likeness (QED) is 0.521.